The number of nitrogens with one attached hydrogen (secondary N) is 1. The van der Waals surface area contributed by atoms with Gasteiger partial charge in [0.1, 0.15) is 0 Å². The van der Waals surface area contributed by atoms with Crippen LogP contribution in [0, 0.1) is 5.41 Å². The van der Waals surface area contributed by atoms with Crippen LogP contribution in [-0.4, -0.2) is 18.1 Å². The monoisotopic (exact) mass is 206 g/mol. The Labute approximate surface area is 90.9 Å². The summed E-state index contributed by atoms with van der Waals surface area (Å²) >= 11 is 0. The van der Waals surface area contributed by atoms with Crippen molar-refractivity contribution in [2.24, 2.45) is 5.41 Å². The number of ether oxygens (including phenoxy) is 1. The summed E-state index contributed by atoms with van der Waals surface area (Å²) in [5, 5.41) is 3.42. The molecule has 1 aliphatic heterocycles. The molecule has 0 aromatic carbocycles. The van der Waals surface area contributed by atoms with Crippen molar-refractivity contribution < 1.29 is 4.74 Å². The van der Waals surface area contributed by atoms with Crippen molar-refractivity contribution in [2.75, 3.05) is 13.2 Å². The lowest BCUT2D eigenvalue weighted by Gasteiger charge is -2.42. The Morgan fingerprint density at radius 3 is 2.67 bits per heavy atom. The van der Waals surface area contributed by atoms with Gasteiger partial charge in [0.25, 0.3) is 0 Å². The quantitative estimate of drug-likeness (QED) is 0.762. The molecule has 1 saturated heterocycles. The number of nitrogens with zero attached hydrogens (tertiary/aromatic N) is 1. The maximum absolute atomic E-state index is 5.89. The second-order valence-electron chi connectivity index (χ2n) is 5.05. The largest absolute Gasteiger partial charge is 0.354 e. The fraction of sp³-hybridized carbons (Fsp3) is 0.583. The summed E-state index contributed by atoms with van der Waals surface area (Å²) in [6, 6.07) is 5.89. The van der Waals surface area contributed by atoms with Gasteiger partial charge in [0.05, 0.1) is 12.3 Å². The van der Waals surface area contributed by atoms with Crippen molar-refractivity contribution in [3.8, 4) is 0 Å². The van der Waals surface area contributed by atoms with E-state index in [9.17, 15) is 0 Å². The first-order chi connectivity index (χ1) is 7.02. The highest BCUT2D eigenvalue weighted by Gasteiger charge is 2.37. The minimum atomic E-state index is -0.434. The molecule has 1 fully saturated rings. The highest BCUT2D eigenvalue weighted by Crippen LogP contribution is 2.29. The summed E-state index contributed by atoms with van der Waals surface area (Å²) in [5.74, 6) is 0. The molecule has 82 valence electrons. The molecule has 3 heteroatoms. The lowest BCUT2D eigenvalue weighted by molar-refractivity contribution is -0.134. The van der Waals surface area contributed by atoms with Crippen LogP contribution in [-0.2, 0) is 10.5 Å². The summed E-state index contributed by atoms with van der Waals surface area (Å²) in [5.41, 5.74) is 0.714. The Morgan fingerprint density at radius 2 is 2.13 bits per heavy atom. The van der Waals surface area contributed by atoms with Crippen LogP contribution in [0.2, 0.25) is 0 Å². The van der Waals surface area contributed by atoms with Gasteiger partial charge in [-0.3, -0.25) is 10.3 Å². The van der Waals surface area contributed by atoms with Crippen LogP contribution in [0.4, 0.5) is 0 Å². The van der Waals surface area contributed by atoms with Gasteiger partial charge in [-0.1, -0.05) is 19.9 Å². The first-order valence-corrected chi connectivity index (χ1v) is 5.32. The van der Waals surface area contributed by atoms with E-state index in [0.29, 0.717) is 0 Å². The lowest BCUT2D eigenvalue weighted by Crippen LogP contribution is -2.54. The molecular weight excluding hydrogens is 188 g/mol. The first-order valence-electron chi connectivity index (χ1n) is 5.32. The zero-order valence-electron chi connectivity index (χ0n) is 9.58. The molecule has 1 N–H and O–H groups in total. The van der Waals surface area contributed by atoms with Gasteiger partial charge in [0.2, 0.25) is 0 Å². The predicted octanol–water partition coefficient (Wildman–Crippen LogP) is 1.90. The number of hydrogen-bond acceptors (Lipinski definition) is 3. The average molecular weight is 206 g/mol. The molecule has 1 aliphatic rings. The fourth-order valence-corrected chi connectivity index (χ4v) is 1.66. The third-order valence-electron chi connectivity index (χ3n) is 2.81. The second-order valence-corrected chi connectivity index (χ2v) is 5.05. The predicted molar refractivity (Wildman–Crippen MR) is 59.3 cm³/mol. The van der Waals surface area contributed by atoms with Crippen LogP contribution >= 0.6 is 0 Å². The minimum Gasteiger partial charge on any atom is -0.354 e. The van der Waals surface area contributed by atoms with Gasteiger partial charge in [-0.15, -0.1) is 0 Å². The van der Waals surface area contributed by atoms with Gasteiger partial charge in [0.15, 0.2) is 5.72 Å². The van der Waals surface area contributed by atoms with Gasteiger partial charge in [0, 0.05) is 18.2 Å². The van der Waals surface area contributed by atoms with Gasteiger partial charge in [-0.05, 0) is 19.1 Å². The summed E-state index contributed by atoms with van der Waals surface area (Å²) in [6.45, 7) is 8.12. The standard InChI is InChI=1S/C12H18N2O/c1-11(2)8-14-12(3,15-9-11)10-6-4-5-7-13-10/h4-7,14H,8-9H2,1-3H3. The number of hydrogen-bond donors (Lipinski definition) is 1. The van der Waals surface area contributed by atoms with Crippen molar-refractivity contribution in [1.82, 2.24) is 10.3 Å². The maximum Gasteiger partial charge on any atom is 0.159 e. The molecule has 1 atom stereocenters. The Morgan fingerprint density at radius 1 is 1.33 bits per heavy atom. The van der Waals surface area contributed by atoms with E-state index < -0.39 is 5.72 Å². The molecule has 2 rings (SSSR count). The van der Waals surface area contributed by atoms with E-state index in [-0.39, 0.29) is 5.41 Å². The van der Waals surface area contributed by atoms with Crippen LogP contribution < -0.4 is 5.32 Å². The molecule has 15 heavy (non-hydrogen) atoms. The number of aromatic nitrogens is 1. The van der Waals surface area contributed by atoms with E-state index in [1.807, 2.05) is 25.1 Å². The summed E-state index contributed by atoms with van der Waals surface area (Å²) in [4.78, 5) is 4.33. The van der Waals surface area contributed by atoms with E-state index in [1.165, 1.54) is 0 Å². The van der Waals surface area contributed by atoms with E-state index >= 15 is 0 Å². The van der Waals surface area contributed by atoms with Crippen LogP contribution in [0.5, 0.6) is 0 Å². The van der Waals surface area contributed by atoms with Crippen LogP contribution in [0.1, 0.15) is 26.5 Å². The third-order valence-corrected chi connectivity index (χ3v) is 2.81. The van der Waals surface area contributed by atoms with E-state index in [4.69, 9.17) is 4.74 Å². The van der Waals surface area contributed by atoms with Crippen molar-refractivity contribution >= 4 is 0 Å². The molecule has 0 bridgehead atoms. The first kappa shape index (κ1) is 10.6. The van der Waals surface area contributed by atoms with Gasteiger partial charge < -0.3 is 4.74 Å². The molecule has 0 aliphatic carbocycles. The van der Waals surface area contributed by atoms with Gasteiger partial charge in [-0.2, -0.15) is 0 Å². The SMILES string of the molecule is CC1(C)CNC(C)(c2ccccn2)OC1. The molecule has 1 aromatic rings. The summed E-state index contributed by atoms with van der Waals surface area (Å²) in [7, 11) is 0. The van der Waals surface area contributed by atoms with Crippen molar-refractivity contribution in [2.45, 2.75) is 26.5 Å². The molecule has 2 heterocycles. The zero-order chi connectivity index (χ0) is 10.9. The second kappa shape index (κ2) is 3.58. The average Bonchev–Trinajstić information content (AvgIpc) is 2.24. The van der Waals surface area contributed by atoms with Gasteiger partial charge >= 0.3 is 0 Å². The van der Waals surface area contributed by atoms with Gasteiger partial charge in [-0.25, -0.2) is 0 Å². The molecule has 0 saturated carbocycles. The molecule has 0 spiro atoms. The fourth-order valence-electron chi connectivity index (χ4n) is 1.66. The van der Waals surface area contributed by atoms with E-state index in [0.717, 1.165) is 18.8 Å². The Balaban J connectivity index is 2.17. The Kier molecular flexibility index (Phi) is 2.52. The molecule has 0 amide bonds. The zero-order valence-corrected chi connectivity index (χ0v) is 9.58. The van der Waals surface area contributed by atoms with E-state index in [2.05, 4.69) is 24.1 Å². The van der Waals surface area contributed by atoms with Crippen molar-refractivity contribution in [3.63, 3.8) is 0 Å². The molecule has 1 unspecified atom stereocenters. The minimum absolute atomic E-state index is 0.203. The lowest BCUT2D eigenvalue weighted by atomic mass is 9.91. The maximum atomic E-state index is 5.89. The number of pyridine rings is 1. The Hall–Kier alpha value is -0.930. The third kappa shape index (κ3) is 2.19. The van der Waals surface area contributed by atoms with Crippen LogP contribution in [0.15, 0.2) is 24.4 Å². The van der Waals surface area contributed by atoms with Crippen LogP contribution in [0.25, 0.3) is 0 Å². The van der Waals surface area contributed by atoms with Crippen molar-refractivity contribution in [3.05, 3.63) is 30.1 Å². The smallest absolute Gasteiger partial charge is 0.159 e. The molecule has 1 aromatic heterocycles. The molecule has 0 radical (unpaired) electrons. The topological polar surface area (TPSA) is 34.2 Å². The highest BCUT2D eigenvalue weighted by molar-refractivity contribution is 5.12. The Bertz CT molecular complexity index is 325. The molecular formula is C12H18N2O. The van der Waals surface area contributed by atoms with E-state index in [1.54, 1.807) is 6.20 Å². The highest BCUT2D eigenvalue weighted by atomic mass is 16.5. The molecule has 3 nitrogen and oxygen atoms in total. The number of rotatable bonds is 1. The van der Waals surface area contributed by atoms with Crippen molar-refractivity contribution in [1.29, 1.82) is 0 Å². The summed E-state index contributed by atoms with van der Waals surface area (Å²) < 4.78 is 5.89. The van der Waals surface area contributed by atoms with Crippen LogP contribution in [0.3, 0.4) is 0 Å². The summed E-state index contributed by atoms with van der Waals surface area (Å²) in [6.07, 6.45) is 1.80. The normalized spacial score (nSPS) is 30.1.